The number of aromatic carboxylic acids is 1. The zero-order valence-corrected chi connectivity index (χ0v) is 13.8. The number of amides is 1. The normalized spacial score (nSPS) is 22.3. The number of nitrogens with zero attached hydrogens (tertiary/aromatic N) is 4. The van der Waals surface area contributed by atoms with Gasteiger partial charge in [-0.1, -0.05) is 6.92 Å². The molecule has 1 amide bonds. The number of hydrogen-bond acceptors (Lipinski definition) is 4. The van der Waals surface area contributed by atoms with Crippen LogP contribution in [0.1, 0.15) is 41.5 Å². The first-order valence-electron chi connectivity index (χ1n) is 8.31. The van der Waals surface area contributed by atoms with E-state index in [1.165, 1.54) is 0 Å². The largest absolute Gasteiger partial charge is 0.476 e. The van der Waals surface area contributed by atoms with Crippen molar-refractivity contribution in [2.45, 2.75) is 45.2 Å². The Hall–Kier alpha value is -1.89. The molecule has 1 fully saturated rings. The van der Waals surface area contributed by atoms with Gasteiger partial charge in [-0.25, -0.2) is 4.79 Å². The summed E-state index contributed by atoms with van der Waals surface area (Å²) in [5.74, 6) is -0.812. The zero-order chi connectivity index (χ0) is 16.6. The molecular weight excluding hydrogens is 296 g/mol. The summed E-state index contributed by atoms with van der Waals surface area (Å²) in [6.45, 7) is 4.85. The van der Waals surface area contributed by atoms with E-state index < -0.39 is 5.97 Å². The Morgan fingerprint density at radius 2 is 2.17 bits per heavy atom. The van der Waals surface area contributed by atoms with Crippen molar-refractivity contribution in [3.05, 3.63) is 17.0 Å². The second-order valence-electron chi connectivity index (χ2n) is 6.48. The van der Waals surface area contributed by atoms with E-state index in [2.05, 4.69) is 16.9 Å². The fourth-order valence-corrected chi connectivity index (χ4v) is 3.64. The van der Waals surface area contributed by atoms with Gasteiger partial charge in [-0.2, -0.15) is 5.10 Å². The lowest BCUT2D eigenvalue weighted by molar-refractivity contribution is -0.135. The number of hydrogen-bond donors (Lipinski definition) is 1. The SMILES string of the molecule is CCCn1nc(C(=O)O)c2c1CCC(N1CCN(C)C(=O)C1)C2. The van der Waals surface area contributed by atoms with E-state index in [0.717, 1.165) is 50.2 Å². The first-order chi connectivity index (χ1) is 11.0. The Labute approximate surface area is 135 Å². The van der Waals surface area contributed by atoms with Crippen LogP contribution in [0.2, 0.25) is 0 Å². The van der Waals surface area contributed by atoms with E-state index in [4.69, 9.17) is 0 Å². The van der Waals surface area contributed by atoms with E-state index in [9.17, 15) is 14.7 Å². The number of piperazine rings is 1. The molecule has 0 saturated carbocycles. The highest BCUT2D eigenvalue weighted by Gasteiger charge is 2.34. The van der Waals surface area contributed by atoms with Gasteiger partial charge in [0.15, 0.2) is 5.69 Å². The van der Waals surface area contributed by atoms with Crippen molar-refractivity contribution in [2.75, 3.05) is 26.7 Å². The second-order valence-corrected chi connectivity index (χ2v) is 6.48. The molecule has 2 heterocycles. The molecule has 1 N–H and O–H groups in total. The Kier molecular flexibility index (Phi) is 4.39. The van der Waals surface area contributed by atoms with Gasteiger partial charge in [0.25, 0.3) is 0 Å². The van der Waals surface area contributed by atoms with Crippen molar-refractivity contribution in [3.8, 4) is 0 Å². The van der Waals surface area contributed by atoms with Crippen molar-refractivity contribution < 1.29 is 14.7 Å². The van der Waals surface area contributed by atoms with E-state index in [0.29, 0.717) is 13.0 Å². The van der Waals surface area contributed by atoms with Crippen molar-refractivity contribution in [1.29, 1.82) is 0 Å². The molecule has 1 aliphatic carbocycles. The van der Waals surface area contributed by atoms with Gasteiger partial charge in [0.2, 0.25) is 5.91 Å². The topological polar surface area (TPSA) is 78.7 Å². The number of carboxylic acids is 1. The first-order valence-corrected chi connectivity index (χ1v) is 8.31. The second kappa shape index (κ2) is 6.31. The average Bonchev–Trinajstić information content (AvgIpc) is 2.89. The molecule has 0 radical (unpaired) electrons. The number of carboxylic acid groups (broad SMARTS) is 1. The van der Waals surface area contributed by atoms with Crippen LogP contribution in [0.25, 0.3) is 0 Å². The molecule has 1 aliphatic heterocycles. The summed E-state index contributed by atoms with van der Waals surface area (Å²) in [5.41, 5.74) is 2.13. The van der Waals surface area contributed by atoms with Crippen LogP contribution in [0.15, 0.2) is 0 Å². The van der Waals surface area contributed by atoms with Crippen LogP contribution in [0.5, 0.6) is 0 Å². The van der Waals surface area contributed by atoms with E-state index in [-0.39, 0.29) is 17.6 Å². The van der Waals surface area contributed by atoms with Gasteiger partial charge in [-0.15, -0.1) is 0 Å². The lowest BCUT2D eigenvalue weighted by Gasteiger charge is -2.39. The Morgan fingerprint density at radius 1 is 1.39 bits per heavy atom. The van der Waals surface area contributed by atoms with Gasteiger partial charge in [-0.05, 0) is 25.7 Å². The number of fused-ring (bicyclic) bond motifs is 1. The Bertz CT molecular complexity index is 625. The highest BCUT2D eigenvalue weighted by atomic mass is 16.4. The predicted molar refractivity (Wildman–Crippen MR) is 84.5 cm³/mol. The summed E-state index contributed by atoms with van der Waals surface area (Å²) >= 11 is 0. The smallest absolute Gasteiger partial charge is 0.356 e. The van der Waals surface area contributed by atoms with Crippen LogP contribution in [-0.4, -0.2) is 69.3 Å². The van der Waals surface area contributed by atoms with Crippen LogP contribution in [-0.2, 0) is 24.2 Å². The van der Waals surface area contributed by atoms with Crippen LogP contribution in [0, 0.1) is 0 Å². The van der Waals surface area contributed by atoms with Gasteiger partial charge >= 0.3 is 5.97 Å². The summed E-state index contributed by atoms with van der Waals surface area (Å²) in [7, 11) is 1.83. The minimum Gasteiger partial charge on any atom is -0.476 e. The third-order valence-corrected chi connectivity index (χ3v) is 4.96. The minimum absolute atomic E-state index is 0.141. The maximum absolute atomic E-state index is 11.9. The van der Waals surface area contributed by atoms with Crippen molar-refractivity contribution in [2.24, 2.45) is 0 Å². The molecule has 2 aliphatic rings. The number of carbonyl (C=O) groups excluding carboxylic acids is 1. The highest BCUT2D eigenvalue weighted by molar-refractivity contribution is 5.87. The van der Waals surface area contributed by atoms with Gasteiger partial charge in [0, 0.05) is 44.0 Å². The predicted octanol–water partition coefficient (Wildman–Crippen LogP) is 0.623. The van der Waals surface area contributed by atoms with E-state index in [1.54, 1.807) is 4.90 Å². The summed E-state index contributed by atoms with van der Waals surface area (Å²) in [6.07, 6.45) is 3.40. The number of likely N-dealkylation sites (N-methyl/N-ethyl adjacent to an activating group) is 1. The summed E-state index contributed by atoms with van der Waals surface area (Å²) in [6, 6.07) is 0.234. The third kappa shape index (κ3) is 2.97. The quantitative estimate of drug-likeness (QED) is 0.880. The molecule has 1 unspecified atom stereocenters. The fourth-order valence-electron chi connectivity index (χ4n) is 3.64. The standard InChI is InChI=1S/C16H24N4O3/c1-3-6-20-13-5-4-11(9-12(13)15(17-20)16(22)23)19-8-7-18(2)14(21)10-19/h11H,3-10H2,1-2H3,(H,22,23). The maximum Gasteiger partial charge on any atom is 0.356 e. The molecule has 3 rings (SSSR count). The number of carbonyl (C=O) groups is 2. The molecule has 1 aromatic rings. The minimum atomic E-state index is -0.953. The molecule has 7 heteroatoms. The molecule has 0 bridgehead atoms. The molecule has 1 saturated heterocycles. The van der Waals surface area contributed by atoms with Crippen molar-refractivity contribution in [3.63, 3.8) is 0 Å². The van der Waals surface area contributed by atoms with Crippen LogP contribution >= 0.6 is 0 Å². The molecule has 23 heavy (non-hydrogen) atoms. The monoisotopic (exact) mass is 320 g/mol. The van der Waals surface area contributed by atoms with Gasteiger partial charge in [0.1, 0.15) is 0 Å². The zero-order valence-electron chi connectivity index (χ0n) is 13.8. The Balaban J connectivity index is 1.82. The lowest BCUT2D eigenvalue weighted by atomic mass is 9.90. The van der Waals surface area contributed by atoms with E-state index >= 15 is 0 Å². The van der Waals surface area contributed by atoms with Crippen molar-refractivity contribution >= 4 is 11.9 Å². The number of aromatic nitrogens is 2. The molecule has 126 valence electrons. The molecule has 1 atom stereocenters. The van der Waals surface area contributed by atoms with Crippen LogP contribution < -0.4 is 0 Å². The molecule has 1 aromatic heterocycles. The molecule has 7 nitrogen and oxygen atoms in total. The Morgan fingerprint density at radius 3 is 2.83 bits per heavy atom. The molecule has 0 aromatic carbocycles. The summed E-state index contributed by atoms with van der Waals surface area (Å²) in [4.78, 5) is 27.4. The van der Waals surface area contributed by atoms with Gasteiger partial charge in [0.05, 0.1) is 6.54 Å². The van der Waals surface area contributed by atoms with E-state index in [1.807, 2.05) is 11.7 Å². The average molecular weight is 320 g/mol. The first kappa shape index (κ1) is 16.0. The maximum atomic E-state index is 11.9. The fraction of sp³-hybridized carbons (Fsp3) is 0.688. The lowest BCUT2D eigenvalue weighted by Crippen LogP contribution is -2.53. The van der Waals surface area contributed by atoms with Crippen LogP contribution in [0.4, 0.5) is 0 Å². The molecule has 0 spiro atoms. The third-order valence-electron chi connectivity index (χ3n) is 4.96. The highest BCUT2D eigenvalue weighted by Crippen LogP contribution is 2.28. The molecular formula is C16H24N4O3. The number of aryl methyl sites for hydroxylation is 1. The van der Waals surface area contributed by atoms with Gasteiger partial charge in [-0.3, -0.25) is 14.4 Å². The van der Waals surface area contributed by atoms with Crippen molar-refractivity contribution in [1.82, 2.24) is 19.6 Å². The summed E-state index contributed by atoms with van der Waals surface area (Å²) < 4.78 is 1.87. The van der Waals surface area contributed by atoms with Gasteiger partial charge < -0.3 is 10.0 Å². The van der Waals surface area contributed by atoms with Crippen LogP contribution in [0.3, 0.4) is 0 Å². The number of rotatable bonds is 4. The summed E-state index contributed by atoms with van der Waals surface area (Å²) in [5, 5.41) is 13.8.